The minimum absolute atomic E-state index is 0.120. The smallest absolute Gasteiger partial charge is 0.250 e. The van der Waals surface area contributed by atoms with E-state index in [9.17, 15) is 4.79 Å². The molecule has 0 aliphatic heterocycles. The average molecular weight is 525 g/mol. The van der Waals surface area contributed by atoms with Crippen molar-refractivity contribution >= 4 is 51.4 Å². The lowest BCUT2D eigenvalue weighted by Gasteiger charge is -2.09. The van der Waals surface area contributed by atoms with Gasteiger partial charge in [-0.05, 0) is 34.1 Å². The summed E-state index contributed by atoms with van der Waals surface area (Å²) in [6.45, 7) is 0. The van der Waals surface area contributed by atoms with Gasteiger partial charge in [-0.2, -0.15) is 5.10 Å². The van der Waals surface area contributed by atoms with Gasteiger partial charge >= 0.3 is 0 Å². The van der Waals surface area contributed by atoms with Gasteiger partial charge in [0.25, 0.3) is 5.91 Å². The van der Waals surface area contributed by atoms with Crippen LogP contribution in [0.4, 0.5) is 0 Å². The molecule has 8 nitrogen and oxygen atoms in total. The second kappa shape index (κ2) is 10.7. The third-order valence-electron chi connectivity index (χ3n) is 4.18. The number of methoxy groups -OCH3 is 2. The van der Waals surface area contributed by atoms with Crippen LogP contribution in [-0.4, -0.2) is 46.9 Å². The molecule has 162 valence electrons. The fourth-order valence-corrected chi connectivity index (χ4v) is 4.08. The molecule has 3 aromatic rings. The van der Waals surface area contributed by atoms with E-state index < -0.39 is 0 Å². The lowest BCUT2D eigenvalue weighted by molar-refractivity contribution is -0.118. The second-order valence-electron chi connectivity index (χ2n) is 6.16. The van der Waals surface area contributed by atoms with Crippen molar-refractivity contribution in [2.75, 3.05) is 20.0 Å². The maximum Gasteiger partial charge on any atom is 0.250 e. The average Bonchev–Trinajstić information content (AvgIpc) is 3.13. The number of rotatable bonds is 8. The van der Waals surface area contributed by atoms with Gasteiger partial charge in [0.2, 0.25) is 0 Å². The predicted octanol–water partition coefficient (Wildman–Crippen LogP) is 4.16. The fraction of sp³-hybridized carbons (Fsp3) is 0.200. The minimum atomic E-state index is -0.282. The molecule has 0 saturated carbocycles. The molecule has 0 fully saturated rings. The van der Waals surface area contributed by atoms with E-state index in [0.29, 0.717) is 33.1 Å². The lowest BCUT2D eigenvalue weighted by atomic mass is 10.2. The van der Waals surface area contributed by atoms with Crippen molar-refractivity contribution in [2.45, 2.75) is 5.16 Å². The number of ether oxygens (including phenoxy) is 2. The van der Waals surface area contributed by atoms with E-state index in [1.165, 1.54) is 18.0 Å². The Hall–Kier alpha value is -2.56. The number of hydrogen-bond donors (Lipinski definition) is 1. The summed E-state index contributed by atoms with van der Waals surface area (Å²) in [5.74, 6) is 1.67. The summed E-state index contributed by atoms with van der Waals surface area (Å²) in [5, 5.41) is 13.5. The van der Waals surface area contributed by atoms with Crippen molar-refractivity contribution in [1.29, 1.82) is 0 Å². The molecule has 0 saturated heterocycles. The number of nitrogens with zero attached hydrogens (tertiary/aromatic N) is 4. The molecule has 1 amide bonds. The van der Waals surface area contributed by atoms with Gasteiger partial charge in [-0.15, -0.1) is 10.2 Å². The number of nitrogens with one attached hydrogen (secondary N) is 1. The summed E-state index contributed by atoms with van der Waals surface area (Å²) in [7, 11) is 4.94. The maximum atomic E-state index is 12.2. The highest BCUT2D eigenvalue weighted by Crippen LogP contribution is 2.32. The van der Waals surface area contributed by atoms with Crippen LogP contribution in [0.15, 0.2) is 51.1 Å². The van der Waals surface area contributed by atoms with Gasteiger partial charge in [-0.1, -0.05) is 35.5 Å². The summed E-state index contributed by atoms with van der Waals surface area (Å²) < 4.78 is 13.1. The van der Waals surface area contributed by atoms with Gasteiger partial charge in [-0.25, -0.2) is 5.43 Å². The Kier molecular flexibility index (Phi) is 7.94. The number of hydrogen-bond acceptors (Lipinski definition) is 7. The zero-order valence-corrected chi connectivity index (χ0v) is 20.1. The van der Waals surface area contributed by atoms with Crippen LogP contribution in [0.3, 0.4) is 0 Å². The highest BCUT2D eigenvalue weighted by molar-refractivity contribution is 9.10. The molecule has 31 heavy (non-hydrogen) atoms. The summed E-state index contributed by atoms with van der Waals surface area (Å²) in [6, 6.07) is 10.9. The maximum absolute atomic E-state index is 12.2. The van der Waals surface area contributed by atoms with Crippen LogP contribution in [0.25, 0.3) is 11.4 Å². The van der Waals surface area contributed by atoms with Crippen LogP contribution in [0.5, 0.6) is 11.5 Å². The van der Waals surface area contributed by atoms with E-state index in [1.54, 1.807) is 37.0 Å². The third kappa shape index (κ3) is 5.57. The molecule has 0 atom stereocenters. The zero-order chi connectivity index (χ0) is 22.4. The van der Waals surface area contributed by atoms with Crippen LogP contribution in [0.1, 0.15) is 5.56 Å². The number of benzene rings is 2. The molecular weight excluding hydrogens is 506 g/mol. The first-order valence-corrected chi connectivity index (χ1v) is 11.1. The van der Waals surface area contributed by atoms with Crippen LogP contribution < -0.4 is 14.9 Å². The topological polar surface area (TPSA) is 90.6 Å². The van der Waals surface area contributed by atoms with Gasteiger partial charge in [0.1, 0.15) is 11.5 Å². The number of carbonyl (C=O) groups is 1. The quantitative estimate of drug-likeness (QED) is 0.270. The Morgan fingerprint density at radius 2 is 2.00 bits per heavy atom. The molecule has 0 radical (unpaired) electrons. The van der Waals surface area contributed by atoms with Gasteiger partial charge in [-0.3, -0.25) is 4.79 Å². The van der Waals surface area contributed by atoms with Crippen molar-refractivity contribution < 1.29 is 14.3 Å². The van der Waals surface area contributed by atoms with Crippen molar-refractivity contribution in [3.63, 3.8) is 0 Å². The van der Waals surface area contributed by atoms with Gasteiger partial charge in [0, 0.05) is 24.2 Å². The first-order valence-electron chi connectivity index (χ1n) is 8.95. The fourth-order valence-electron chi connectivity index (χ4n) is 2.64. The normalized spacial score (nSPS) is 11.0. The van der Waals surface area contributed by atoms with E-state index in [-0.39, 0.29) is 11.7 Å². The minimum Gasteiger partial charge on any atom is -0.496 e. The Morgan fingerprint density at radius 1 is 1.26 bits per heavy atom. The van der Waals surface area contributed by atoms with E-state index in [0.717, 1.165) is 10.0 Å². The number of hydrazone groups is 1. The highest BCUT2D eigenvalue weighted by atomic mass is 79.9. The molecule has 2 aromatic carbocycles. The van der Waals surface area contributed by atoms with E-state index in [1.807, 2.05) is 25.2 Å². The molecule has 0 aliphatic rings. The van der Waals surface area contributed by atoms with Gasteiger partial charge in [0.05, 0.1) is 35.7 Å². The van der Waals surface area contributed by atoms with E-state index in [2.05, 4.69) is 36.7 Å². The van der Waals surface area contributed by atoms with Crippen LogP contribution >= 0.6 is 39.3 Å². The zero-order valence-electron chi connectivity index (χ0n) is 16.9. The van der Waals surface area contributed by atoms with Crippen LogP contribution in [0, 0.1) is 0 Å². The first-order chi connectivity index (χ1) is 14.9. The molecule has 0 bridgehead atoms. The molecule has 1 heterocycles. The molecular formula is C20H19BrClN5O3S. The van der Waals surface area contributed by atoms with E-state index in [4.69, 9.17) is 21.1 Å². The van der Waals surface area contributed by atoms with Crippen molar-refractivity contribution in [2.24, 2.45) is 12.1 Å². The number of thioether (sulfide) groups is 1. The molecule has 0 aliphatic carbocycles. The van der Waals surface area contributed by atoms with E-state index >= 15 is 0 Å². The number of halogens is 2. The summed E-state index contributed by atoms with van der Waals surface area (Å²) >= 11 is 10.9. The SMILES string of the molecule is COc1cc(OC)c(C=NNC(=O)CSc2nnc(-c3ccccc3Cl)n2C)cc1Br. The monoisotopic (exact) mass is 523 g/mol. The molecule has 1 aromatic heterocycles. The molecule has 3 rings (SSSR count). The summed E-state index contributed by atoms with van der Waals surface area (Å²) in [4.78, 5) is 12.2. The molecule has 11 heteroatoms. The standard InChI is InChI=1S/C20H19BrClN5O3S/c1-27-19(13-6-4-5-7-15(13)22)25-26-20(27)31-11-18(28)24-23-10-12-8-14(21)17(30-3)9-16(12)29-2/h4-10H,11H2,1-3H3,(H,24,28). The molecule has 1 N–H and O–H groups in total. The van der Waals surface area contributed by atoms with Crippen molar-refractivity contribution in [1.82, 2.24) is 20.2 Å². The molecule has 0 unspecified atom stereocenters. The van der Waals surface area contributed by atoms with Crippen LogP contribution in [-0.2, 0) is 11.8 Å². The van der Waals surface area contributed by atoms with Crippen molar-refractivity contribution in [3.05, 3.63) is 51.5 Å². The molecule has 0 spiro atoms. The Bertz CT molecular complexity index is 1120. The van der Waals surface area contributed by atoms with Crippen LogP contribution in [0.2, 0.25) is 5.02 Å². The lowest BCUT2D eigenvalue weighted by Crippen LogP contribution is -2.20. The Morgan fingerprint density at radius 3 is 2.71 bits per heavy atom. The highest BCUT2D eigenvalue weighted by Gasteiger charge is 2.15. The summed E-state index contributed by atoms with van der Waals surface area (Å²) in [6.07, 6.45) is 1.50. The number of aromatic nitrogens is 3. The Labute approximate surface area is 197 Å². The number of amides is 1. The van der Waals surface area contributed by atoms with Gasteiger partial charge < -0.3 is 14.0 Å². The summed E-state index contributed by atoms with van der Waals surface area (Å²) in [5.41, 5.74) is 3.96. The number of carbonyl (C=O) groups excluding carboxylic acids is 1. The van der Waals surface area contributed by atoms with Gasteiger partial charge in [0.15, 0.2) is 11.0 Å². The third-order valence-corrected chi connectivity index (χ3v) is 6.15. The first kappa shape index (κ1) is 23.1. The second-order valence-corrected chi connectivity index (χ2v) is 8.36. The largest absolute Gasteiger partial charge is 0.496 e. The predicted molar refractivity (Wildman–Crippen MR) is 125 cm³/mol. The van der Waals surface area contributed by atoms with Crippen molar-refractivity contribution in [3.8, 4) is 22.9 Å². The Balaban J connectivity index is 1.60.